The number of hydrogen-bond donors (Lipinski definition) is 3. The van der Waals surface area contributed by atoms with Crippen LogP contribution < -0.4 is 11.1 Å². The second kappa shape index (κ2) is 4.90. The Balaban J connectivity index is 1.89. The molecule has 0 saturated heterocycles. The molecule has 4 nitrogen and oxygen atoms in total. The Hall–Kier alpha value is -2.89. The molecular weight excluding hydrogens is 276 g/mol. The number of aromatic amines is 1. The number of benzene rings is 2. The fourth-order valence-electron chi connectivity index (χ4n) is 2.05. The van der Waals surface area contributed by atoms with Gasteiger partial charge in [-0.3, -0.25) is 4.79 Å². The first-order chi connectivity index (χ1) is 10.0. The number of hydrogen-bond acceptors (Lipinski definition) is 2. The predicted octanol–water partition coefficient (Wildman–Crippen LogP) is 3.28. The molecule has 106 valence electrons. The standard InChI is InChI=1S/C15H11F2N3O/c16-9-1-3-13(11(17)7-9)20-15(21)14-6-8-5-10(18)2-4-12(8)19-14/h1-7,19H,18H2,(H,20,21). The van der Waals surface area contributed by atoms with Gasteiger partial charge in [0.1, 0.15) is 17.3 Å². The first kappa shape index (κ1) is 13.1. The summed E-state index contributed by atoms with van der Waals surface area (Å²) in [5, 5.41) is 3.16. The Morgan fingerprint density at radius 1 is 1.10 bits per heavy atom. The molecule has 0 fully saturated rings. The van der Waals surface area contributed by atoms with Crippen LogP contribution in [0.2, 0.25) is 0 Å². The number of fused-ring (bicyclic) bond motifs is 1. The third-order valence-electron chi connectivity index (χ3n) is 3.07. The zero-order chi connectivity index (χ0) is 15.0. The summed E-state index contributed by atoms with van der Waals surface area (Å²) in [6.45, 7) is 0. The molecule has 0 atom stereocenters. The molecule has 2 aromatic carbocycles. The fourth-order valence-corrected chi connectivity index (χ4v) is 2.05. The van der Waals surface area contributed by atoms with E-state index in [0.29, 0.717) is 11.8 Å². The van der Waals surface area contributed by atoms with E-state index in [2.05, 4.69) is 10.3 Å². The molecule has 21 heavy (non-hydrogen) atoms. The van der Waals surface area contributed by atoms with Crippen molar-refractivity contribution in [2.24, 2.45) is 0 Å². The summed E-state index contributed by atoms with van der Waals surface area (Å²) >= 11 is 0. The number of carbonyl (C=O) groups excluding carboxylic acids is 1. The summed E-state index contributed by atoms with van der Waals surface area (Å²) in [7, 11) is 0. The molecule has 3 rings (SSSR count). The van der Waals surface area contributed by atoms with E-state index < -0.39 is 17.5 Å². The maximum absolute atomic E-state index is 13.5. The molecule has 0 aliphatic heterocycles. The largest absolute Gasteiger partial charge is 0.399 e. The van der Waals surface area contributed by atoms with Crippen molar-refractivity contribution in [1.82, 2.24) is 4.98 Å². The molecule has 4 N–H and O–H groups in total. The van der Waals surface area contributed by atoms with Crippen molar-refractivity contribution >= 4 is 28.2 Å². The van der Waals surface area contributed by atoms with Gasteiger partial charge in [0, 0.05) is 22.7 Å². The van der Waals surface area contributed by atoms with Crippen molar-refractivity contribution < 1.29 is 13.6 Å². The Kier molecular flexibility index (Phi) is 3.06. The van der Waals surface area contributed by atoms with Gasteiger partial charge in [0.05, 0.1) is 5.69 Å². The van der Waals surface area contributed by atoms with Gasteiger partial charge in [-0.05, 0) is 36.4 Å². The van der Waals surface area contributed by atoms with Crippen LogP contribution in [0.5, 0.6) is 0 Å². The summed E-state index contributed by atoms with van der Waals surface area (Å²) in [6, 6.07) is 9.75. The van der Waals surface area contributed by atoms with Crippen LogP contribution in [0.15, 0.2) is 42.5 Å². The zero-order valence-corrected chi connectivity index (χ0v) is 10.8. The van der Waals surface area contributed by atoms with Gasteiger partial charge in [-0.2, -0.15) is 0 Å². The van der Waals surface area contributed by atoms with Gasteiger partial charge in [0.15, 0.2) is 0 Å². The number of anilines is 2. The number of nitrogen functional groups attached to an aromatic ring is 1. The zero-order valence-electron chi connectivity index (χ0n) is 10.8. The second-order valence-electron chi connectivity index (χ2n) is 4.61. The van der Waals surface area contributed by atoms with E-state index in [0.717, 1.165) is 17.0 Å². The topological polar surface area (TPSA) is 70.9 Å². The third kappa shape index (κ3) is 2.55. The Bertz CT molecular complexity index is 842. The average Bonchev–Trinajstić information content (AvgIpc) is 2.85. The van der Waals surface area contributed by atoms with Gasteiger partial charge in [-0.25, -0.2) is 8.78 Å². The minimum absolute atomic E-state index is 0.0837. The fraction of sp³-hybridized carbons (Fsp3) is 0. The molecule has 1 amide bonds. The van der Waals surface area contributed by atoms with E-state index in [1.54, 1.807) is 24.3 Å². The SMILES string of the molecule is Nc1ccc2[nH]c(C(=O)Nc3ccc(F)cc3F)cc2c1. The molecule has 1 aromatic heterocycles. The summed E-state index contributed by atoms with van der Waals surface area (Å²) in [6.07, 6.45) is 0. The van der Waals surface area contributed by atoms with Crippen LogP contribution in [0.4, 0.5) is 20.2 Å². The number of H-pyrrole nitrogens is 1. The molecule has 0 aliphatic carbocycles. The summed E-state index contributed by atoms with van der Waals surface area (Å²) in [4.78, 5) is 15.0. The number of carbonyl (C=O) groups is 1. The van der Waals surface area contributed by atoms with Crippen LogP contribution in [0.3, 0.4) is 0 Å². The van der Waals surface area contributed by atoms with Crippen LogP contribution >= 0.6 is 0 Å². The van der Waals surface area contributed by atoms with E-state index in [1.807, 2.05) is 0 Å². The number of amides is 1. The monoisotopic (exact) mass is 287 g/mol. The van der Waals surface area contributed by atoms with Crippen molar-refractivity contribution in [3.8, 4) is 0 Å². The lowest BCUT2D eigenvalue weighted by molar-refractivity contribution is 0.102. The van der Waals surface area contributed by atoms with Gasteiger partial charge in [0.25, 0.3) is 5.91 Å². The number of nitrogens with one attached hydrogen (secondary N) is 2. The lowest BCUT2D eigenvalue weighted by Crippen LogP contribution is -2.13. The molecular formula is C15H11F2N3O. The maximum atomic E-state index is 13.5. The van der Waals surface area contributed by atoms with Crippen molar-refractivity contribution in [3.05, 3.63) is 59.8 Å². The van der Waals surface area contributed by atoms with Crippen LogP contribution in [0.25, 0.3) is 10.9 Å². The van der Waals surface area contributed by atoms with Gasteiger partial charge >= 0.3 is 0 Å². The van der Waals surface area contributed by atoms with E-state index in [-0.39, 0.29) is 11.4 Å². The lowest BCUT2D eigenvalue weighted by atomic mass is 10.2. The molecule has 0 spiro atoms. The van der Waals surface area contributed by atoms with Gasteiger partial charge in [-0.1, -0.05) is 0 Å². The molecule has 0 aliphatic rings. The van der Waals surface area contributed by atoms with E-state index in [9.17, 15) is 13.6 Å². The highest BCUT2D eigenvalue weighted by Crippen LogP contribution is 2.20. The molecule has 0 bridgehead atoms. The minimum atomic E-state index is -0.830. The predicted molar refractivity (Wildman–Crippen MR) is 77.0 cm³/mol. The second-order valence-corrected chi connectivity index (χ2v) is 4.61. The van der Waals surface area contributed by atoms with Crippen LogP contribution in [-0.2, 0) is 0 Å². The molecule has 0 radical (unpaired) electrons. The molecule has 1 heterocycles. The first-order valence-corrected chi connectivity index (χ1v) is 6.17. The van der Waals surface area contributed by atoms with E-state index >= 15 is 0 Å². The minimum Gasteiger partial charge on any atom is -0.399 e. The Morgan fingerprint density at radius 2 is 1.90 bits per heavy atom. The van der Waals surface area contributed by atoms with Crippen molar-refractivity contribution in [2.75, 3.05) is 11.1 Å². The van der Waals surface area contributed by atoms with Gasteiger partial charge in [-0.15, -0.1) is 0 Å². The normalized spacial score (nSPS) is 10.8. The van der Waals surface area contributed by atoms with Crippen molar-refractivity contribution in [3.63, 3.8) is 0 Å². The number of halogens is 2. The number of rotatable bonds is 2. The lowest BCUT2D eigenvalue weighted by Gasteiger charge is -2.04. The average molecular weight is 287 g/mol. The summed E-state index contributed by atoms with van der Waals surface area (Å²) in [5.74, 6) is -2.05. The first-order valence-electron chi connectivity index (χ1n) is 6.17. The molecule has 0 saturated carbocycles. The Morgan fingerprint density at radius 3 is 2.67 bits per heavy atom. The van der Waals surface area contributed by atoms with Crippen LogP contribution in [0, 0.1) is 11.6 Å². The maximum Gasteiger partial charge on any atom is 0.272 e. The molecule has 6 heteroatoms. The summed E-state index contributed by atoms with van der Waals surface area (Å²) in [5.41, 5.74) is 7.17. The van der Waals surface area contributed by atoms with E-state index in [4.69, 9.17) is 5.73 Å². The van der Waals surface area contributed by atoms with Crippen LogP contribution in [0.1, 0.15) is 10.5 Å². The van der Waals surface area contributed by atoms with Crippen molar-refractivity contribution in [2.45, 2.75) is 0 Å². The van der Waals surface area contributed by atoms with Gasteiger partial charge < -0.3 is 16.0 Å². The smallest absolute Gasteiger partial charge is 0.272 e. The molecule has 3 aromatic rings. The molecule has 0 unspecified atom stereocenters. The summed E-state index contributed by atoms with van der Waals surface area (Å²) < 4.78 is 26.3. The third-order valence-corrected chi connectivity index (χ3v) is 3.07. The Labute approximate surface area is 118 Å². The van der Waals surface area contributed by atoms with E-state index in [1.165, 1.54) is 6.07 Å². The van der Waals surface area contributed by atoms with Crippen molar-refractivity contribution in [1.29, 1.82) is 0 Å². The highest BCUT2D eigenvalue weighted by atomic mass is 19.1. The van der Waals surface area contributed by atoms with Crippen LogP contribution in [-0.4, -0.2) is 10.9 Å². The highest BCUT2D eigenvalue weighted by Gasteiger charge is 2.12. The number of aromatic nitrogens is 1. The highest BCUT2D eigenvalue weighted by molar-refractivity contribution is 6.06. The van der Waals surface area contributed by atoms with Gasteiger partial charge in [0.2, 0.25) is 0 Å². The quantitative estimate of drug-likeness (QED) is 0.633. The number of nitrogens with two attached hydrogens (primary N) is 1.